The first-order valence-electron chi connectivity index (χ1n) is 9.62. The molecule has 0 radical (unpaired) electrons. The molecule has 2 aromatic rings. The highest BCUT2D eigenvalue weighted by molar-refractivity contribution is 7.17. The van der Waals surface area contributed by atoms with Crippen molar-refractivity contribution in [3.8, 4) is 0 Å². The smallest absolute Gasteiger partial charge is 0.332 e. The van der Waals surface area contributed by atoms with Gasteiger partial charge in [-0.1, -0.05) is 33.6 Å². The lowest BCUT2D eigenvalue weighted by Gasteiger charge is -2.21. The van der Waals surface area contributed by atoms with Gasteiger partial charge in [-0.25, -0.2) is 4.79 Å². The molecule has 0 aliphatic heterocycles. The van der Waals surface area contributed by atoms with Crippen molar-refractivity contribution in [2.75, 3.05) is 0 Å². The first-order valence-corrected chi connectivity index (χ1v) is 10.5. The van der Waals surface area contributed by atoms with Gasteiger partial charge in [-0.15, -0.1) is 11.3 Å². The molecule has 2 aromatic heterocycles. The van der Waals surface area contributed by atoms with Gasteiger partial charge in [0.25, 0.3) is 5.56 Å². The molecule has 6 nitrogen and oxygen atoms in total. The summed E-state index contributed by atoms with van der Waals surface area (Å²) >= 11 is 1.44. The van der Waals surface area contributed by atoms with Crippen LogP contribution in [0, 0.1) is 0 Å². The zero-order chi connectivity index (χ0) is 20.4. The Kier molecular flexibility index (Phi) is 6.68. The van der Waals surface area contributed by atoms with Crippen LogP contribution in [0.25, 0.3) is 10.2 Å². The fourth-order valence-corrected chi connectivity index (χ4v) is 4.36. The topological polar surface area (TPSA) is 73.1 Å². The van der Waals surface area contributed by atoms with Gasteiger partial charge >= 0.3 is 5.69 Å². The van der Waals surface area contributed by atoms with Crippen LogP contribution in [0.5, 0.6) is 0 Å². The van der Waals surface area contributed by atoms with Crippen molar-refractivity contribution in [2.45, 2.75) is 85.4 Å². The number of fused-ring (bicyclic) bond motifs is 1. The number of aryl methyl sites for hydroxylation is 1. The summed E-state index contributed by atoms with van der Waals surface area (Å²) < 4.78 is 2.77. The minimum absolute atomic E-state index is 0.171. The maximum absolute atomic E-state index is 13.1. The third kappa shape index (κ3) is 4.89. The van der Waals surface area contributed by atoms with Crippen molar-refractivity contribution in [3.63, 3.8) is 0 Å². The summed E-state index contributed by atoms with van der Waals surface area (Å²) in [6.07, 6.45) is 2.93. The van der Waals surface area contributed by atoms with E-state index in [1.165, 1.54) is 11.3 Å². The van der Waals surface area contributed by atoms with Gasteiger partial charge in [0.1, 0.15) is 11.4 Å². The Labute approximate surface area is 164 Å². The average molecular weight is 394 g/mol. The Bertz CT molecular complexity index is 929. The molecule has 0 saturated carbocycles. The highest BCUT2D eigenvalue weighted by atomic mass is 32.1. The molecule has 0 bridgehead atoms. The molecule has 2 rings (SSSR count). The molecule has 1 amide bonds. The van der Waals surface area contributed by atoms with E-state index in [1.807, 2.05) is 40.0 Å². The van der Waals surface area contributed by atoms with Gasteiger partial charge in [0.15, 0.2) is 0 Å². The normalized spacial score (nSPS) is 12.1. The lowest BCUT2D eigenvalue weighted by atomic mass is 10.0. The highest BCUT2D eigenvalue weighted by Crippen LogP contribution is 2.28. The Morgan fingerprint density at radius 2 is 1.85 bits per heavy atom. The van der Waals surface area contributed by atoms with E-state index in [-0.39, 0.29) is 23.9 Å². The second-order valence-electron chi connectivity index (χ2n) is 8.36. The SMILES string of the molecule is CCCCCn1c(=O)n(CC(=O)NC(C)(C)C)c(=O)c2c(C(C)C)csc21. The highest BCUT2D eigenvalue weighted by Gasteiger charge is 2.22. The maximum Gasteiger partial charge on any atom is 0.332 e. The third-order valence-corrected chi connectivity index (χ3v) is 5.41. The minimum Gasteiger partial charge on any atom is -0.350 e. The Balaban J connectivity index is 2.61. The Morgan fingerprint density at radius 1 is 1.19 bits per heavy atom. The number of unbranched alkanes of at least 4 members (excludes halogenated alkanes) is 2. The van der Waals surface area contributed by atoms with Crippen LogP contribution in [-0.4, -0.2) is 20.6 Å². The van der Waals surface area contributed by atoms with Crippen molar-refractivity contribution >= 4 is 27.5 Å². The van der Waals surface area contributed by atoms with Crippen LogP contribution in [0.1, 0.15) is 72.3 Å². The Hall–Kier alpha value is -1.89. The van der Waals surface area contributed by atoms with E-state index in [0.29, 0.717) is 11.9 Å². The zero-order valence-corrected chi connectivity index (χ0v) is 18.0. The van der Waals surface area contributed by atoms with Gasteiger partial charge in [0, 0.05) is 12.1 Å². The van der Waals surface area contributed by atoms with Gasteiger partial charge in [-0.05, 0) is 44.1 Å². The number of amides is 1. The average Bonchev–Trinajstić information content (AvgIpc) is 2.98. The molecule has 0 saturated heterocycles. The quantitative estimate of drug-likeness (QED) is 0.732. The molecule has 0 fully saturated rings. The van der Waals surface area contributed by atoms with Crippen LogP contribution in [0.4, 0.5) is 0 Å². The molecule has 27 heavy (non-hydrogen) atoms. The second-order valence-corrected chi connectivity index (χ2v) is 9.21. The van der Waals surface area contributed by atoms with E-state index in [2.05, 4.69) is 12.2 Å². The maximum atomic E-state index is 13.1. The second kappa shape index (κ2) is 8.42. The lowest BCUT2D eigenvalue weighted by molar-refractivity contribution is -0.123. The van der Waals surface area contributed by atoms with Crippen molar-refractivity contribution in [1.29, 1.82) is 0 Å². The van der Waals surface area contributed by atoms with E-state index in [9.17, 15) is 14.4 Å². The molecular weight excluding hydrogens is 362 g/mol. The van der Waals surface area contributed by atoms with E-state index in [1.54, 1.807) is 4.57 Å². The van der Waals surface area contributed by atoms with Crippen LogP contribution in [-0.2, 0) is 17.9 Å². The van der Waals surface area contributed by atoms with Crippen molar-refractivity contribution in [1.82, 2.24) is 14.5 Å². The largest absolute Gasteiger partial charge is 0.350 e. The summed E-state index contributed by atoms with van der Waals surface area (Å²) in [5.41, 5.74) is -0.244. The van der Waals surface area contributed by atoms with E-state index in [0.717, 1.165) is 34.2 Å². The van der Waals surface area contributed by atoms with Crippen molar-refractivity contribution in [3.05, 3.63) is 31.8 Å². The first kappa shape index (κ1) is 21.4. The van der Waals surface area contributed by atoms with Crippen LogP contribution in [0.3, 0.4) is 0 Å². The molecule has 2 heterocycles. The molecule has 0 aliphatic rings. The lowest BCUT2D eigenvalue weighted by Crippen LogP contribution is -2.47. The fraction of sp³-hybridized carbons (Fsp3) is 0.650. The molecular formula is C20H31N3O3S. The number of carbonyl (C=O) groups is 1. The van der Waals surface area contributed by atoms with Gasteiger partial charge in [0.05, 0.1) is 5.39 Å². The summed E-state index contributed by atoms with van der Waals surface area (Å²) in [4.78, 5) is 39.2. The van der Waals surface area contributed by atoms with E-state index in [4.69, 9.17) is 0 Å². The number of nitrogens with zero attached hydrogens (tertiary/aromatic N) is 2. The Morgan fingerprint density at radius 3 is 2.41 bits per heavy atom. The van der Waals surface area contributed by atoms with E-state index < -0.39 is 11.2 Å². The molecule has 1 N–H and O–H groups in total. The summed E-state index contributed by atoms with van der Waals surface area (Å²) in [5, 5.41) is 5.37. The number of rotatable bonds is 7. The minimum atomic E-state index is -0.420. The van der Waals surface area contributed by atoms with Crippen molar-refractivity contribution in [2.24, 2.45) is 0 Å². The standard InChI is InChI=1S/C20H31N3O3S/c1-7-8-9-10-22-18-16(14(12-27-18)13(2)3)17(25)23(19(22)26)11-15(24)21-20(4,5)6/h12-13H,7-11H2,1-6H3,(H,21,24). The molecule has 150 valence electrons. The predicted molar refractivity (Wildman–Crippen MR) is 112 cm³/mol. The molecule has 0 unspecified atom stereocenters. The number of thiophene rings is 1. The first-order chi connectivity index (χ1) is 12.6. The van der Waals surface area contributed by atoms with Crippen LogP contribution in [0.15, 0.2) is 15.0 Å². The third-order valence-electron chi connectivity index (χ3n) is 4.39. The van der Waals surface area contributed by atoms with Gasteiger partial charge in [-0.2, -0.15) is 0 Å². The number of aromatic nitrogens is 2. The van der Waals surface area contributed by atoms with Crippen LogP contribution < -0.4 is 16.6 Å². The molecule has 0 atom stereocenters. The van der Waals surface area contributed by atoms with Gasteiger partial charge in [0.2, 0.25) is 5.91 Å². The van der Waals surface area contributed by atoms with Crippen LogP contribution >= 0.6 is 11.3 Å². The fourth-order valence-electron chi connectivity index (χ4n) is 3.11. The molecule has 0 aliphatic carbocycles. The molecule has 0 aromatic carbocycles. The zero-order valence-electron chi connectivity index (χ0n) is 17.2. The number of hydrogen-bond donors (Lipinski definition) is 1. The summed E-state index contributed by atoms with van der Waals surface area (Å²) in [6.45, 7) is 12.1. The number of hydrogen-bond acceptors (Lipinski definition) is 4. The van der Waals surface area contributed by atoms with Crippen molar-refractivity contribution < 1.29 is 4.79 Å². The van der Waals surface area contributed by atoms with Gasteiger partial charge in [-0.3, -0.25) is 18.7 Å². The molecule has 0 spiro atoms. The summed E-state index contributed by atoms with van der Waals surface area (Å²) in [5.74, 6) is -0.160. The van der Waals surface area contributed by atoms with Crippen LogP contribution in [0.2, 0.25) is 0 Å². The van der Waals surface area contributed by atoms with Gasteiger partial charge < -0.3 is 5.32 Å². The van der Waals surface area contributed by atoms with E-state index >= 15 is 0 Å². The predicted octanol–water partition coefficient (Wildman–Crippen LogP) is 3.45. The number of carbonyl (C=O) groups excluding carboxylic acids is 1. The molecule has 7 heteroatoms. The summed E-state index contributed by atoms with van der Waals surface area (Å²) in [7, 11) is 0. The summed E-state index contributed by atoms with van der Waals surface area (Å²) in [6, 6.07) is 0. The monoisotopic (exact) mass is 393 g/mol. The number of nitrogens with one attached hydrogen (secondary N) is 1.